The van der Waals surface area contributed by atoms with E-state index in [-0.39, 0.29) is 6.61 Å². The molecule has 1 aromatic heterocycles. The van der Waals surface area contributed by atoms with E-state index in [1.807, 2.05) is 24.4 Å². The summed E-state index contributed by atoms with van der Waals surface area (Å²) in [6.45, 7) is 4.87. The van der Waals surface area contributed by atoms with Crippen LogP contribution in [0.25, 0.3) is 10.9 Å². The van der Waals surface area contributed by atoms with Crippen LogP contribution in [-0.2, 0) is 0 Å². The monoisotopic (exact) mass is 291 g/mol. The summed E-state index contributed by atoms with van der Waals surface area (Å²) < 4.78 is 0. The molecule has 0 radical (unpaired) electrons. The van der Waals surface area contributed by atoms with Gasteiger partial charge in [-0.2, -0.15) is 0 Å². The Hall–Kier alpha value is -1.36. The van der Waals surface area contributed by atoms with Crippen LogP contribution in [-0.4, -0.2) is 54.3 Å². The first-order valence-electron chi connectivity index (χ1n) is 6.90. The molecule has 0 bridgehead atoms. The van der Waals surface area contributed by atoms with Gasteiger partial charge in [0.05, 0.1) is 12.1 Å². The van der Waals surface area contributed by atoms with Crippen LogP contribution in [0, 0.1) is 0 Å². The van der Waals surface area contributed by atoms with Crippen LogP contribution >= 0.6 is 11.6 Å². The van der Waals surface area contributed by atoms with Gasteiger partial charge in [-0.25, -0.2) is 0 Å². The number of pyridine rings is 1. The maximum atomic E-state index is 9.00. The van der Waals surface area contributed by atoms with Crippen molar-refractivity contribution in [1.82, 2.24) is 9.88 Å². The van der Waals surface area contributed by atoms with Gasteiger partial charge in [0.25, 0.3) is 0 Å². The van der Waals surface area contributed by atoms with Crippen LogP contribution in [0.3, 0.4) is 0 Å². The minimum absolute atomic E-state index is 0.230. The number of anilines is 1. The van der Waals surface area contributed by atoms with Crippen molar-refractivity contribution in [2.24, 2.45) is 0 Å². The molecule has 2 heterocycles. The molecule has 2 aromatic rings. The van der Waals surface area contributed by atoms with Crippen LogP contribution in [0.15, 0.2) is 30.5 Å². The molecule has 20 heavy (non-hydrogen) atoms. The third-order valence-corrected chi connectivity index (χ3v) is 4.04. The summed E-state index contributed by atoms with van der Waals surface area (Å²) in [5.41, 5.74) is 2.17. The molecule has 0 unspecified atom stereocenters. The molecule has 1 fully saturated rings. The number of β-amino-alcohol motifs (C(OH)–C–C–N with tert-alkyl or cyclic N) is 1. The number of nitrogens with zero attached hydrogens (tertiary/aromatic N) is 3. The van der Waals surface area contributed by atoms with Crippen molar-refractivity contribution in [3.63, 3.8) is 0 Å². The third-order valence-electron chi connectivity index (χ3n) is 3.81. The zero-order valence-electron chi connectivity index (χ0n) is 11.3. The lowest BCUT2D eigenvalue weighted by Crippen LogP contribution is -2.47. The zero-order valence-corrected chi connectivity index (χ0v) is 12.1. The van der Waals surface area contributed by atoms with E-state index in [1.165, 1.54) is 5.69 Å². The maximum Gasteiger partial charge on any atom is 0.0723 e. The Morgan fingerprint density at radius 1 is 1.15 bits per heavy atom. The van der Waals surface area contributed by atoms with Gasteiger partial charge in [-0.15, -0.1) is 0 Å². The molecular weight excluding hydrogens is 274 g/mol. The fourth-order valence-corrected chi connectivity index (χ4v) is 2.91. The van der Waals surface area contributed by atoms with E-state index in [4.69, 9.17) is 16.7 Å². The first-order chi connectivity index (χ1) is 9.78. The van der Waals surface area contributed by atoms with Crippen molar-refractivity contribution < 1.29 is 5.11 Å². The fraction of sp³-hybridized carbons (Fsp3) is 0.400. The van der Waals surface area contributed by atoms with Crippen LogP contribution in [0.2, 0.25) is 5.02 Å². The van der Waals surface area contributed by atoms with Gasteiger partial charge in [0.15, 0.2) is 0 Å². The molecule has 106 valence electrons. The predicted molar refractivity (Wildman–Crippen MR) is 82.5 cm³/mol. The summed E-state index contributed by atoms with van der Waals surface area (Å²) in [4.78, 5) is 9.05. The lowest BCUT2D eigenvalue weighted by atomic mass is 10.1. The minimum Gasteiger partial charge on any atom is -0.395 e. The number of fused-ring (bicyclic) bond motifs is 1. The number of aromatic nitrogens is 1. The van der Waals surface area contributed by atoms with E-state index in [0.717, 1.165) is 48.6 Å². The summed E-state index contributed by atoms with van der Waals surface area (Å²) in [7, 11) is 0. The Bertz CT molecular complexity index is 597. The average Bonchev–Trinajstić information content (AvgIpc) is 2.48. The molecule has 1 N–H and O–H groups in total. The van der Waals surface area contributed by atoms with E-state index < -0.39 is 0 Å². The highest BCUT2D eigenvalue weighted by Crippen LogP contribution is 2.28. The molecule has 0 spiro atoms. The molecule has 0 aliphatic carbocycles. The zero-order chi connectivity index (χ0) is 13.9. The van der Waals surface area contributed by atoms with Gasteiger partial charge in [-0.3, -0.25) is 9.88 Å². The Morgan fingerprint density at radius 3 is 2.70 bits per heavy atom. The topological polar surface area (TPSA) is 39.6 Å². The molecular formula is C15H18ClN3O. The van der Waals surface area contributed by atoms with E-state index in [9.17, 15) is 0 Å². The fourth-order valence-electron chi connectivity index (χ4n) is 2.73. The molecule has 5 heteroatoms. The number of hydrogen-bond donors (Lipinski definition) is 1. The van der Waals surface area contributed by atoms with Crippen molar-refractivity contribution in [1.29, 1.82) is 0 Å². The number of halogens is 1. The average molecular weight is 292 g/mol. The number of benzene rings is 1. The molecule has 0 saturated carbocycles. The predicted octanol–water partition coefficient (Wildman–Crippen LogP) is 2.00. The maximum absolute atomic E-state index is 9.00. The summed E-state index contributed by atoms with van der Waals surface area (Å²) >= 11 is 6.11. The molecule has 0 atom stereocenters. The van der Waals surface area contributed by atoms with Gasteiger partial charge >= 0.3 is 0 Å². The number of rotatable bonds is 3. The van der Waals surface area contributed by atoms with Crippen LogP contribution < -0.4 is 4.90 Å². The van der Waals surface area contributed by atoms with Gasteiger partial charge in [-0.1, -0.05) is 11.6 Å². The van der Waals surface area contributed by atoms with Crippen molar-refractivity contribution >= 4 is 28.2 Å². The van der Waals surface area contributed by atoms with Crippen molar-refractivity contribution in [2.45, 2.75) is 0 Å². The molecule has 1 aliphatic rings. The second-order valence-corrected chi connectivity index (χ2v) is 5.48. The Labute approximate surface area is 123 Å². The van der Waals surface area contributed by atoms with E-state index in [0.29, 0.717) is 0 Å². The van der Waals surface area contributed by atoms with Crippen LogP contribution in [0.5, 0.6) is 0 Å². The molecule has 1 aliphatic heterocycles. The molecule has 1 saturated heterocycles. The largest absolute Gasteiger partial charge is 0.395 e. The first-order valence-corrected chi connectivity index (χ1v) is 7.28. The van der Waals surface area contributed by atoms with Crippen LogP contribution in [0.1, 0.15) is 0 Å². The summed E-state index contributed by atoms with van der Waals surface area (Å²) in [5, 5.41) is 10.8. The summed E-state index contributed by atoms with van der Waals surface area (Å²) in [6, 6.07) is 7.88. The molecule has 1 aromatic carbocycles. The third kappa shape index (κ3) is 2.73. The SMILES string of the molecule is OCCN1CCN(c2ccnc3ccc(Cl)cc23)CC1. The van der Waals surface area contributed by atoms with Crippen LogP contribution in [0.4, 0.5) is 5.69 Å². The van der Waals surface area contributed by atoms with Crippen molar-refractivity contribution in [3.8, 4) is 0 Å². The Kier molecular flexibility index (Phi) is 4.05. The van der Waals surface area contributed by atoms with Gasteiger partial charge in [-0.05, 0) is 24.3 Å². The highest BCUT2D eigenvalue weighted by Gasteiger charge is 2.18. The second-order valence-electron chi connectivity index (χ2n) is 5.04. The smallest absolute Gasteiger partial charge is 0.0723 e. The molecule has 4 nitrogen and oxygen atoms in total. The highest BCUT2D eigenvalue weighted by molar-refractivity contribution is 6.31. The standard InChI is InChI=1S/C15H18ClN3O/c16-12-1-2-14-13(11-12)15(3-4-17-14)19-7-5-18(6-8-19)9-10-20/h1-4,11,20H,5-10H2. The summed E-state index contributed by atoms with van der Waals surface area (Å²) in [6.07, 6.45) is 1.85. The second kappa shape index (κ2) is 5.95. The van der Waals surface area contributed by atoms with E-state index in [1.54, 1.807) is 0 Å². The Morgan fingerprint density at radius 2 is 1.95 bits per heavy atom. The quantitative estimate of drug-likeness (QED) is 0.939. The summed E-state index contributed by atoms with van der Waals surface area (Å²) in [5.74, 6) is 0. The number of hydrogen-bond acceptors (Lipinski definition) is 4. The lowest BCUT2D eigenvalue weighted by Gasteiger charge is -2.36. The van der Waals surface area contributed by atoms with Gasteiger partial charge in [0, 0.05) is 55.0 Å². The van der Waals surface area contributed by atoms with Gasteiger partial charge in [0.1, 0.15) is 0 Å². The van der Waals surface area contributed by atoms with Crippen molar-refractivity contribution in [3.05, 3.63) is 35.5 Å². The lowest BCUT2D eigenvalue weighted by molar-refractivity contribution is 0.189. The Balaban J connectivity index is 1.86. The van der Waals surface area contributed by atoms with E-state index in [2.05, 4.69) is 20.9 Å². The molecule has 3 rings (SSSR count). The normalized spacial score (nSPS) is 16.8. The molecule has 0 amide bonds. The number of piperazine rings is 1. The van der Waals surface area contributed by atoms with Gasteiger partial charge < -0.3 is 10.0 Å². The number of aliphatic hydroxyl groups is 1. The number of aliphatic hydroxyl groups excluding tert-OH is 1. The van der Waals surface area contributed by atoms with Gasteiger partial charge in [0.2, 0.25) is 0 Å². The van der Waals surface area contributed by atoms with Crippen molar-refractivity contribution in [2.75, 3.05) is 44.2 Å². The first kappa shape index (κ1) is 13.6. The highest BCUT2D eigenvalue weighted by atomic mass is 35.5. The van der Waals surface area contributed by atoms with E-state index >= 15 is 0 Å². The minimum atomic E-state index is 0.230.